The van der Waals surface area contributed by atoms with Gasteiger partial charge in [0.15, 0.2) is 0 Å². The smallest absolute Gasteiger partial charge is 0.142 e. The van der Waals surface area contributed by atoms with E-state index in [0.29, 0.717) is 12.6 Å². The molecule has 0 aromatic heterocycles. The van der Waals surface area contributed by atoms with Crippen LogP contribution in [0.3, 0.4) is 0 Å². The Hall–Kier alpha value is -1.42. The first-order valence-electron chi connectivity index (χ1n) is 5.58. The van der Waals surface area contributed by atoms with E-state index in [9.17, 15) is 0 Å². The van der Waals surface area contributed by atoms with Gasteiger partial charge < -0.3 is 20.5 Å². The molecule has 4 heteroatoms. The highest BCUT2D eigenvalue weighted by molar-refractivity contribution is 5.66. The Morgan fingerprint density at radius 3 is 3.12 bits per heavy atom. The Bertz CT molecular complexity index is 368. The zero-order chi connectivity index (χ0) is 11.5. The van der Waals surface area contributed by atoms with Gasteiger partial charge in [-0.1, -0.05) is 0 Å². The quantitative estimate of drug-likeness (QED) is 0.755. The number of likely N-dealkylation sites (N-methyl/N-ethyl adjacent to an activating group) is 1. The molecule has 1 atom stereocenters. The summed E-state index contributed by atoms with van der Waals surface area (Å²) >= 11 is 0. The lowest BCUT2D eigenvalue weighted by atomic mass is 10.1. The van der Waals surface area contributed by atoms with E-state index in [1.54, 1.807) is 0 Å². The van der Waals surface area contributed by atoms with Gasteiger partial charge in [-0.15, -0.1) is 0 Å². The molecule has 0 saturated carbocycles. The Morgan fingerprint density at radius 1 is 1.56 bits per heavy atom. The molecule has 3 N–H and O–H groups in total. The molecule has 88 valence electrons. The molecule has 1 aliphatic rings. The van der Waals surface area contributed by atoms with Gasteiger partial charge >= 0.3 is 0 Å². The predicted molar refractivity (Wildman–Crippen MR) is 64.9 cm³/mol. The predicted octanol–water partition coefficient (Wildman–Crippen LogP) is 1.24. The number of anilines is 2. The standard InChI is InChI=1S/C12H18N2O2/c1-14-10(3-2-6-15)8-16-12-5-4-9(13)7-11(12)14/h4-5,7,10,15H,2-3,6,8,13H2,1H3. The Balaban J connectivity index is 2.17. The van der Waals surface area contributed by atoms with Crippen LogP contribution in [0.1, 0.15) is 12.8 Å². The van der Waals surface area contributed by atoms with Crippen molar-refractivity contribution in [3.8, 4) is 5.75 Å². The van der Waals surface area contributed by atoms with Crippen molar-refractivity contribution < 1.29 is 9.84 Å². The molecule has 1 aromatic rings. The van der Waals surface area contributed by atoms with Gasteiger partial charge in [-0.05, 0) is 31.0 Å². The molecule has 0 spiro atoms. The minimum atomic E-state index is 0.230. The minimum absolute atomic E-state index is 0.230. The summed E-state index contributed by atoms with van der Waals surface area (Å²) in [7, 11) is 2.04. The van der Waals surface area contributed by atoms with Gasteiger partial charge in [0.1, 0.15) is 12.4 Å². The lowest BCUT2D eigenvalue weighted by Crippen LogP contribution is -2.40. The van der Waals surface area contributed by atoms with Crippen LogP contribution in [-0.2, 0) is 0 Å². The van der Waals surface area contributed by atoms with Crippen molar-refractivity contribution in [3.05, 3.63) is 18.2 Å². The highest BCUT2D eigenvalue weighted by Gasteiger charge is 2.24. The maximum Gasteiger partial charge on any atom is 0.142 e. The molecule has 1 aliphatic heterocycles. The topological polar surface area (TPSA) is 58.7 Å². The van der Waals surface area contributed by atoms with E-state index in [0.717, 1.165) is 30.0 Å². The number of hydrogen-bond acceptors (Lipinski definition) is 4. The number of benzene rings is 1. The number of hydrogen-bond donors (Lipinski definition) is 2. The molecule has 1 unspecified atom stereocenters. The third kappa shape index (κ3) is 2.07. The van der Waals surface area contributed by atoms with Gasteiger partial charge in [0, 0.05) is 19.3 Å². The van der Waals surface area contributed by atoms with E-state index >= 15 is 0 Å². The van der Waals surface area contributed by atoms with Crippen LogP contribution in [0.5, 0.6) is 5.75 Å². The zero-order valence-electron chi connectivity index (χ0n) is 9.52. The molecule has 1 aromatic carbocycles. The van der Waals surface area contributed by atoms with Crippen molar-refractivity contribution in [2.75, 3.05) is 30.9 Å². The molecular weight excluding hydrogens is 204 g/mol. The number of ether oxygens (including phenoxy) is 1. The largest absolute Gasteiger partial charge is 0.489 e. The first-order chi connectivity index (χ1) is 7.72. The summed E-state index contributed by atoms with van der Waals surface area (Å²) in [5.41, 5.74) is 7.55. The number of fused-ring (bicyclic) bond motifs is 1. The van der Waals surface area contributed by atoms with Gasteiger partial charge in [0.25, 0.3) is 0 Å². The van der Waals surface area contributed by atoms with Crippen LogP contribution in [0.15, 0.2) is 18.2 Å². The number of nitrogen functional groups attached to an aromatic ring is 1. The van der Waals surface area contributed by atoms with Gasteiger partial charge in [0.2, 0.25) is 0 Å². The third-order valence-corrected chi connectivity index (χ3v) is 3.04. The van der Waals surface area contributed by atoms with Gasteiger partial charge in [0.05, 0.1) is 11.7 Å². The Kier molecular flexibility index (Phi) is 3.19. The fraction of sp³-hybridized carbons (Fsp3) is 0.500. The fourth-order valence-electron chi connectivity index (χ4n) is 2.03. The summed E-state index contributed by atoms with van der Waals surface area (Å²) in [6.45, 7) is 0.904. The number of aliphatic hydroxyl groups is 1. The van der Waals surface area contributed by atoms with Gasteiger partial charge in [-0.3, -0.25) is 0 Å². The maximum atomic E-state index is 8.84. The molecule has 1 heterocycles. The number of aliphatic hydroxyl groups excluding tert-OH is 1. The summed E-state index contributed by atoms with van der Waals surface area (Å²) in [6.07, 6.45) is 1.73. The average molecular weight is 222 g/mol. The van der Waals surface area contributed by atoms with E-state index < -0.39 is 0 Å². The van der Waals surface area contributed by atoms with Crippen molar-refractivity contribution in [1.82, 2.24) is 0 Å². The van der Waals surface area contributed by atoms with E-state index in [1.807, 2.05) is 25.2 Å². The van der Waals surface area contributed by atoms with E-state index in [1.165, 1.54) is 0 Å². The van der Waals surface area contributed by atoms with Crippen molar-refractivity contribution >= 4 is 11.4 Å². The second-order valence-corrected chi connectivity index (χ2v) is 4.17. The Labute approximate surface area is 95.6 Å². The van der Waals surface area contributed by atoms with E-state index in [-0.39, 0.29) is 6.61 Å². The summed E-state index contributed by atoms with van der Waals surface area (Å²) in [5.74, 6) is 0.886. The number of nitrogens with zero attached hydrogens (tertiary/aromatic N) is 1. The lowest BCUT2D eigenvalue weighted by Gasteiger charge is -2.36. The molecule has 0 saturated heterocycles. The van der Waals surface area contributed by atoms with Gasteiger partial charge in [-0.2, -0.15) is 0 Å². The second kappa shape index (κ2) is 4.61. The van der Waals surface area contributed by atoms with Crippen LogP contribution in [0, 0.1) is 0 Å². The lowest BCUT2D eigenvalue weighted by molar-refractivity contribution is 0.236. The van der Waals surface area contributed by atoms with Crippen LogP contribution >= 0.6 is 0 Å². The summed E-state index contributed by atoms with van der Waals surface area (Å²) in [4.78, 5) is 2.19. The van der Waals surface area contributed by atoms with Crippen molar-refractivity contribution in [2.45, 2.75) is 18.9 Å². The van der Waals surface area contributed by atoms with E-state index in [4.69, 9.17) is 15.6 Å². The molecule has 0 aliphatic carbocycles. The van der Waals surface area contributed by atoms with Crippen LogP contribution in [0.4, 0.5) is 11.4 Å². The summed E-state index contributed by atoms with van der Waals surface area (Å²) in [5, 5.41) is 8.84. The third-order valence-electron chi connectivity index (χ3n) is 3.04. The number of nitrogens with two attached hydrogens (primary N) is 1. The molecule has 0 fully saturated rings. The SMILES string of the molecule is CN1c2cc(N)ccc2OCC1CCCO. The number of rotatable bonds is 3. The van der Waals surface area contributed by atoms with Crippen molar-refractivity contribution in [1.29, 1.82) is 0 Å². The van der Waals surface area contributed by atoms with Crippen molar-refractivity contribution in [2.24, 2.45) is 0 Å². The molecule has 4 nitrogen and oxygen atoms in total. The first kappa shape index (κ1) is 11.1. The normalized spacial score (nSPS) is 19.1. The molecule has 0 amide bonds. The molecule has 2 rings (SSSR count). The fourth-order valence-corrected chi connectivity index (χ4v) is 2.03. The summed E-state index contributed by atoms with van der Waals surface area (Å²) in [6, 6.07) is 6.01. The van der Waals surface area contributed by atoms with Crippen LogP contribution in [0.25, 0.3) is 0 Å². The van der Waals surface area contributed by atoms with Crippen LogP contribution in [0.2, 0.25) is 0 Å². The molecular formula is C12H18N2O2. The highest BCUT2D eigenvalue weighted by atomic mass is 16.5. The molecule has 0 bridgehead atoms. The van der Waals surface area contributed by atoms with Crippen LogP contribution in [-0.4, -0.2) is 31.4 Å². The zero-order valence-corrected chi connectivity index (χ0v) is 9.52. The summed E-state index contributed by atoms with van der Waals surface area (Å²) < 4.78 is 5.68. The first-order valence-corrected chi connectivity index (χ1v) is 5.58. The van der Waals surface area contributed by atoms with E-state index in [2.05, 4.69) is 4.90 Å². The average Bonchev–Trinajstić information content (AvgIpc) is 2.29. The Morgan fingerprint density at radius 2 is 2.38 bits per heavy atom. The molecule has 0 radical (unpaired) electrons. The van der Waals surface area contributed by atoms with Gasteiger partial charge in [-0.25, -0.2) is 0 Å². The minimum Gasteiger partial charge on any atom is -0.489 e. The molecule has 16 heavy (non-hydrogen) atoms. The highest BCUT2D eigenvalue weighted by Crippen LogP contribution is 2.35. The van der Waals surface area contributed by atoms with Crippen molar-refractivity contribution in [3.63, 3.8) is 0 Å². The van der Waals surface area contributed by atoms with Crippen LogP contribution < -0.4 is 15.4 Å². The monoisotopic (exact) mass is 222 g/mol. The maximum absolute atomic E-state index is 8.84. The second-order valence-electron chi connectivity index (χ2n) is 4.17.